The minimum Gasteiger partial charge on any atom is -0.481 e. The zero-order valence-corrected chi connectivity index (χ0v) is 12.4. The molecule has 1 amide bonds. The van der Waals surface area contributed by atoms with Crippen molar-refractivity contribution in [3.63, 3.8) is 0 Å². The fourth-order valence-electron chi connectivity index (χ4n) is 1.71. The first-order valence-electron chi connectivity index (χ1n) is 6.43. The Bertz CT molecular complexity index is 489. The molecule has 0 unspecified atom stereocenters. The van der Waals surface area contributed by atoms with Crippen molar-refractivity contribution in [2.24, 2.45) is 5.41 Å². The van der Waals surface area contributed by atoms with Gasteiger partial charge in [0.2, 0.25) is 0 Å². The summed E-state index contributed by atoms with van der Waals surface area (Å²) in [6.45, 7) is 4.44. The molecule has 0 atom stereocenters. The number of carbonyl (C=O) groups excluding carboxylic acids is 1. The molecule has 6 heteroatoms. The number of amides is 1. The Morgan fingerprint density at radius 3 is 2.65 bits per heavy atom. The van der Waals surface area contributed by atoms with E-state index < -0.39 is 5.97 Å². The lowest BCUT2D eigenvalue weighted by molar-refractivity contribution is -0.137. The molecular formula is C14H19ClN2O3. The number of carboxylic acids is 1. The van der Waals surface area contributed by atoms with E-state index in [-0.39, 0.29) is 28.6 Å². The van der Waals surface area contributed by atoms with Crippen LogP contribution in [0.5, 0.6) is 0 Å². The Hall–Kier alpha value is -1.62. The fourth-order valence-corrected chi connectivity index (χ4v) is 1.87. The third-order valence-electron chi connectivity index (χ3n) is 3.05. The minimum absolute atomic E-state index is 0.132. The van der Waals surface area contributed by atoms with Crippen LogP contribution in [-0.2, 0) is 4.79 Å². The molecular weight excluding hydrogens is 280 g/mol. The summed E-state index contributed by atoms with van der Waals surface area (Å²) >= 11 is 5.72. The Kier molecular flexibility index (Phi) is 5.95. The number of hydrogen-bond donors (Lipinski definition) is 2. The third kappa shape index (κ3) is 6.02. The van der Waals surface area contributed by atoms with E-state index in [0.29, 0.717) is 19.4 Å². The number of aromatic nitrogens is 1. The predicted molar refractivity (Wildman–Crippen MR) is 76.8 cm³/mol. The maximum absolute atomic E-state index is 11.8. The average Bonchev–Trinajstić information content (AvgIpc) is 2.36. The van der Waals surface area contributed by atoms with Crippen LogP contribution in [0.25, 0.3) is 0 Å². The van der Waals surface area contributed by atoms with Crippen molar-refractivity contribution in [1.82, 2.24) is 10.3 Å². The molecule has 0 radical (unpaired) electrons. The standard InChI is InChI=1S/C14H19ClN2O3/c1-14(2,7-6-12(18)19)8-9-16-13(20)10-4-3-5-11(15)17-10/h3-5H,6-9H2,1-2H3,(H,16,20)(H,18,19). The normalized spacial score (nSPS) is 11.2. The van der Waals surface area contributed by atoms with Gasteiger partial charge in [-0.1, -0.05) is 31.5 Å². The molecule has 2 N–H and O–H groups in total. The van der Waals surface area contributed by atoms with Crippen LogP contribution >= 0.6 is 11.6 Å². The van der Waals surface area contributed by atoms with Crippen molar-refractivity contribution in [3.05, 3.63) is 29.0 Å². The second kappa shape index (κ2) is 7.24. The van der Waals surface area contributed by atoms with Crippen LogP contribution in [0.3, 0.4) is 0 Å². The molecule has 1 aromatic heterocycles. The second-order valence-corrected chi connectivity index (χ2v) is 5.80. The van der Waals surface area contributed by atoms with E-state index in [9.17, 15) is 9.59 Å². The Balaban J connectivity index is 2.40. The highest BCUT2D eigenvalue weighted by molar-refractivity contribution is 6.29. The van der Waals surface area contributed by atoms with Gasteiger partial charge in [0, 0.05) is 13.0 Å². The molecule has 0 spiro atoms. The molecule has 0 aromatic carbocycles. The number of aliphatic carboxylic acids is 1. The van der Waals surface area contributed by atoms with Crippen LogP contribution in [-0.4, -0.2) is 28.5 Å². The number of rotatable bonds is 7. The molecule has 0 fully saturated rings. The molecule has 1 aromatic rings. The number of pyridine rings is 1. The van der Waals surface area contributed by atoms with E-state index in [1.165, 1.54) is 0 Å². The van der Waals surface area contributed by atoms with Gasteiger partial charge in [0.15, 0.2) is 0 Å². The maximum Gasteiger partial charge on any atom is 0.303 e. The molecule has 0 bridgehead atoms. The number of nitrogens with zero attached hydrogens (tertiary/aromatic N) is 1. The smallest absolute Gasteiger partial charge is 0.303 e. The van der Waals surface area contributed by atoms with Crippen LogP contribution in [0, 0.1) is 5.41 Å². The van der Waals surface area contributed by atoms with Gasteiger partial charge in [-0.05, 0) is 30.4 Å². The molecule has 5 nitrogen and oxygen atoms in total. The zero-order chi connectivity index (χ0) is 15.2. The number of carbonyl (C=O) groups is 2. The fraction of sp³-hybridized carbons (Fsp3) is 0.500. The van der Waals surface area contributed by atoms with Crippen molar-refractivity contribution in [2.75, 3.05) is 6.54 Å². The first kappa shape index (κ1) is 16.4. The lowest BCUT2D eigenvalue weighted by Crippen LogP contribution is -2.29. The van der Waals surface area contributed by atoms with Crippen LogP contribution in [0.4, 0.5) is 0 Å². The number of carboxylic acid groups (broad SMARTS) is 1. The van der Waals surface area contributed by atoms with Crippen LogP contribution in [0.1, 0.15) is 43.6 Å². The van der Waals surface area contributed by atoms with Gasteiger partial charge < -0.3 is 10.4 Å². The van der Waals surface area contributed by atoms with Gasteiger partial charge in [0.05, 0.1) is 0 Å². The number of nitrogens with one attached hydrogen (secondary N) is 1. The van der Waals surface area contributed by atoms with Crippen LogP contribution in [0.15, 0.2) is 18.2 Å². The van der Waals surface area contributed by atoms with Crippen molar-refractivity contribution < 1.29 is 14.7 Å². The molecule has 1 rings (SSSR count). The van der Waals surface area contributed by atoms with Gasteiger partial charge in [0.1, 0.15) is 10.8 Å². The van der Waals surface area contributed by atoms with Gasteiger partial charge in [-0.2, -0.15) is 0 Å². The summed E-state index contributed by atoms with van der Waals surface area (Å²) in [4.78, 5) is 26.3. The average molecular weight is 299 g/mol. The summed E-state index contributed by atoms with van der Waals surface area (Å²) in [7, 11) is 0. The summed E-state index contributed by atoms with van der Waals surface area (Å²) in [5.41, 5.74) is 0.147. The van der Waals surface area contributed by atoms with E-state index in [4.69, 9.17) is 16.7 Å². The highest BCUT2D eigenvalue weighted by Crippen LogP contribution is 2.26. The zero-order valence-electron chi connectivity index (χ0n) is 11.6. The van der Waals surface area contributed by atoms with E-state index in [0.717, 1.165) is 0 Å². The van der Waals surface area contributed by atoms with Gasteiger partial charge in [0.25, 0.3) is 5.91 Å². The monoisotopic (exact) mass is 298 g/mol. The van der Waals surface area contributed by atoms with Crippen molar-refractivity contribution >= 4 is 23.5 Å². The summed E-state index contributed by atoms with van der Waals surface area (Å²) < 4.78 is 0. The summed E-state index contributed by atoms with van der Waals surface area (Å²) in [6.07, 6.45) is 1.41. The van der Waals surface area contributed by atoms with Gasteiger partial charge in [-0.15, -0.1) is 0 Å². The summed E-state index contributed by atoms with van der Waals surface area (Å²) in [6, 6.07) is 4.87. The topological polar surface area (TPSA) is 79.3 Å². The van der Waals surface area contributed by atoms with E-state index in [2.05, 4.69) is 10.3 Å². The van der Waals surface area contributed by atoms with Crippen molar-refractivity contribution in [1.29, 1.82) is 0 Å². The molecule has 0 saturated carbocycles. The van der Waals surface area contributed by atoms with Gasteiger partial charge >= 0.3 is 5.97 Å². The van der Waals surface area contributed by atoms with E-state index >= 15 is 0 Å². The lowest BCUT2D eigenvalue weighted by atomic mass is 9.84. The van der Waals surface area contributed by atoms with E-state index in [1.807, 2.05) is 13.8 Å². The number of halogens is 1. The largest absolute Gasteiger partial charge is 0.481 e. The Morgan fingerprint density at radius 1 is 1.35 bits per heavy atom. The van der Waals surface area contributed by atoms with Crippen LogP contribution < -0.4 is 5.32 Å². The summed E-state index contributed by atoms with van der Waals surface area (Å²) in [5, 5.41) is 11.7. The Labute approximate surface area is 123 Å². The lowest BCUT2D eigenvalue weighted by Gasteiger charge is -2.23. The van der Waals surface area contributed by atoms with Crippen LogP contribution in [0.2, 0.25) is 5.15 Å². The molecule has 0 aliphatic rings. The highest BCUT2D eigenvalue weighted by atomic mass is 35.5. The molecule has 20 heavy (non-hydrogen) atoms. The SMILES string of the molecule is CC(C)(CCNC(=O)c1cccc(Cl)n1)CCC(=O)O. The molecule has 110 valence electrons. The first-order chi connectivity index (χ1) is 9.30. The summed E-state index contributed by atoms with van der Waals surface area (Å²) in [5.74, 6) is -1.08. The minimum atomic E-state index is -0.801. The highest BCUT2D eigenvalue weighted by Gasteiger charge is 2.19. The first-order valence-corrected chi connectivity index (χ1v) is 6.80. The quantitative estimate of drug-likeness (QED) is 0.759. The van der Waals surface area contributed by atoms with Crippen molar-refractivity contribution in [2.45, 2.75) is 33.1 Å². The van der Waals surface area contributed by atoms with Gasteiger partial charge in [-0.25, -0.2) is 4.98 Å². The molecule has 0 aliphatic carbocycles. The second-order valence-electron chi connectivity index (χ2n) is 5.41. The van der Waals surface area contributed by atoms with E-state index in [1.54, 1.807) is 18.2 Å². The third-order valence-corrected chi connectivity index (χ3v) is 3.26. The Morgan fingerprint density at radius 2 is 2.05 bits per heavy atom. The molecule has 0 saturated heterocycles. The molecule has 0 aliphatic heterocycles. The van der Waals surface area contributed by atoms with Crippen molar-refractivity contribution in [3.8, 4) is 0 Å². The molecule has 1 heterocycles. The number of hydrogen-bond acceptors (Lipinski definition) is 3. The predicted octanol–water partition coefficient (Wildman–Crippen LogP) is 2.75. The van der Waals surface area contributed by atoms with Gasteiger partial charge in [-0.3, -0.25) is 9.59 Å². The maximum atomic E-state index is 11.8.